The maximum absolute atomic E-state index is 13.6. The van der Waals surface area contributed by atoms with Gasteiger partial charge in [0.15, 0.2) is 0 Å². The maximum Gasteiger partial charge on any atom is 0.300 e. The number of hydrogen-bond acceptors (Lipinski definition) is 5. The van der Waals surface area contributed by atoms with Crippen LogP contribution in [0.15, 0.2) is 66.2 Å². The average molecular weight is 520 g/mol. The summed E-state index contributed by atoms with van der Waals surface area (Å²) in [6, 6.07) is 16.8. The molecule has 0 bridgehead atoms. The fraction of sp³-hybridized carbons (Fsp3) is 0.267. The highest BCUT2D eigenvalue weighted by molar-refractivity contribution is 6.52. The Bertz CT molecular complexity index is 1420. The fourth-order valence-corrected chi connectivity index (χ4v) is 4.70. The van der Waals surface area contributed by atoms with Crippen LogP contribution in [0.3, 0.4) is 0 Å². The molecule has 1 heterocycles. The minimum absolute atomic E-state index is 0.0597. The highest BCUT2D eigenvalue weighted by atomic mass is 35.5. The Morgan fingerprint density at radius 3 is 2.24 bits per heavy atom. The third-order valence-corrected chi connectivity index (χ3v) is 7.04. The number of hydrogen-bond donors (Lipinski definition) is 1. The van der Waals surface area contributed by atoms with E-state index in [9.17, 15) is 14.7 Å². The van der Waals surface area contributed by atoms with Crippen molar-refractivity contribution in [2.24, 2.45) is 0 Å². The van der Waals surface area contributed by atoms with Crippen molar-refractivity contribution >= 4 is 34.7 Å². The number of Topliss-reactive ketones (excluding diaryl/α,β-unsaturated/α-hetero) is 1. The van der Waals surface area contributed by atoms with Gasteiger partial charge in [-0.05, 0) is 53.8 Å². The van der Waals surface area contributed by atoms with Crippen LogP contribution in [0.5, 0.6) is 11.5 Å². The van der Waals surface area contributed by atoms with Gasteiger partial charge in [-0.2, -0.15) is 0 Å². The molecule has 0 saturated carbocycles. The first-order valence-corrected chi connectivity index (χ1v) is 12.3. The van der Waals surface area contributed by atoms with Crippen molar-refractivity contribution in [3.05, 3.63) is 93.5 Å². The van der Waals surface area contributed by atoms with Gasteiger partial charge < -0.3 is 14.6 Å². The van der Waals surface area contributed by atoms with Crippen LogP contribution >= 0.6 is 11.6 Å². The largest absolute Gasteiger partial charge is 0.507 e. The van der Waals surface area contributed by atoms with Crippen molar-refractivity contribution in [2.45, 2.75) is 39.2 Å². The summed E-state index contributed by atoms with van der Waals surface area (Å²) in [5, 5.41) is 12.2. The number of ether oxygens (including phenoxy) is 2. The fourth-order valence-electron chi connectivity index (χ4n) is 4.52. The number of anilines is 1. The van der Waals surface area contributed by atoms with E-state index in [1.165, 1.54) is 19.1 Å². The van der Waals surface area contributed by atoms with Crippen molar-refractivity contribution in [2.75, 3.05) is 19.1 Å². The van der Waals surface area contributed by atoms with Crippen molar-refractivity contribution in [1.29, 1.82) is 0 Å². The van der Waals surface area contributed by atoms with Gasteiger partial charge in [0, 0.05) is 16.3 Å². The molecule has 0 aliphatic carbocycles. The first-order chi connectivity index (χ1) is 17.5. The molecular weight excluding hydrogens is 490 g/mol. The van der Waals surface area contributed by atoms with Gasteiger partial charge in [-0.1, -0.05) is 62.7 Å². The first-order valence-electron chi connectivity index (χ1n) is 11.9. The summed E-state index contributed by atoms with van der Waals surface area (Å²) < 4.78 is 11.1. The molecule has 37 heavy (non-hydrogen) atoms. The summed E-state index contributed by atoms with van der Waals surface area (Å²) in [4.78, 5) is 28.5. The van der Waals surface area contributed by atoms with Crippen LogP contribution in [-0.2, 0) is 15.0 Å². The van der Waals surface area contributed by atoms with E-state index in [4.69, 9.17) is 21.1 Å². The SMILES string of the molecule is COc1ccc(C(C)(C)C)cc1/C(O)=C1\C(=O)C(=O)N(c2ccc(C)c(Cl)c2)C1c1ccccc1OC. The minimum atomic E-state index is -0.960. The Morgan fingerprint density at radius 2 is 1.62 bits per heavy atom. The number of rotatable bonds is 5. The van der Waals surface area contributed by atoms with Crippen LogP contribution in [-0.4, -0.2) is 31.0 Å². The molecule has 1 amide bonds. The van der Waals surface area contributed by atoms with Crippen LogP contribution in [0.2, 0.25) is 5.02 Å². The summed E-state index contributed by atoms with van der Waals surface area (Å²) in [6.45, 7) is 8.00. The molecule has 3 aromatic carbocycles. The van der Waals surface area contributed by atoms with E-state index in [0.717, 1.165) is 11.1 Å². The van der Waals surface area contributed by atoms with Crippen LogP contribution in [0.25, 0.3) is 5.76 Å². The van der Waals surface area contributed by atoms with Gasteiger partial charge in [0.2, 0.25) is 0 Å². The van der Waals surface area contributed by atoms with E-state index in [0.29, 0.717) is 33.3 Å². The number of carbonyl (C=O) groups excluding carboxylic acids is 2. The summed E-state index contributed by atoms with van der Waals surface area (Å²) >= 11 is 6.40. The van der Waals surface area contributed by atoms with Gasteiger partial charge >= 0.3 is 0 Å². The molecule has 1 aliphatic heterocycles. The van der Waals surface area contributed by atoms with Crippen LogP contribution in [0.4, 0.5) is 5.69 Å². The molecule has 0 radical (unpaired) electrons. The molecule has 4 rings (SSSR count). The zero-order chi connectivity index (χ0) is 27.1. The van der Waals surface area contributed by atoms with Gasteiger partial charge in [-0.15, -0.1) is 0 Å². The third kappa shape index (κ3) is 4.69. The summed E-state index contributed by atoms with van der Waals surface area (Å²) in [5.41, 5.74) is 2.79. The van der Waals surface area contributed by atoms with Crippen molar-refractivity contribution in [3.8, 4) is 11.5 Å². The quantitative estimate of drug-likeness (QED) is 0.234. The number of para-hydroxylation sites is 1. The molecule has 7 heteroatoms. The number of aryl methyl sites for hydroxylation is 1. The molecule has 6 nitrogen and oxygen atoms in total. The maximum atomic E-state index is 13.6. The van der Waals surface area contributed by atoms with Gasteiger partial charge in [0.25, 0.3) is 11.7 Å². The smallest absolute Gasteiger partial charge is 0.300 e. The Hall–Kier alpha value is -3.77. The van der Waals surface area contributed by atoms with Crippen LogP contribution < -0.4 is 14.4 Å². The Balaban J connectivity index is 2.04. The van der Waals surface area contributed by atoms with E-state index in [1.54, 1.807) is 54.6 Å². The highest BCUT2D eigenvalue weighted by Crippen LogP contribution is 2.46. The normalized spacial score (nSPS) is 17.3. The lowest BCUT2D eigenvalue weighted by molar-refractivity contribution is -0.132. The van der Waals surface area contributed by atoms with Crippen molar-refractivity contribution in [1.82, 2.24) is 0 Å². The van der Waals surface area contributed by atoms with Gasteiger partial charge in [0.05, 0.1) is 31.4 Å². The number of carbonyl (C=O) groups is 2. The van der Waals surface area contributed by atoms with E-state index in [1.807, 2.05) is 33.8 Å². The molecular formula is C30H30ClNO5. The number of nitrogens with zero attached hydrogens (tertiary/aromatic N) is 1. The summed E-state index contributed by atoms with van der Waals surface area (Å²) in [5.74, 6) is -1.05. The highest BCUT2D eigenvalue weighted by Gasteiger charge is 2.48. The second-order valence-electron chi connectivity index (χ2n) is 10.0. The van der Waals surface area contributed by atoms with Gasteiger partial charge in [-0.3, -0.25) is 14.5 Å². The number of methoxy groups -OCH3 is 2. The third-order valence-electron chi connectivity index (χ3n) is 6.63. The molecule has 1 unspecified atom stereocenters. The topological polar surface area (TPSA) is 76.1 Å². The Kier molecular flexibility index (Phi) is 7.07. The molecule has 0 aromatic heterocycles. The van der Waals surface area contributed by atoms with Gasteiger partial charge in [-0.25, -0.2) is 0 Å². The first kappa shape index (κ1) is 26.3. The lowest BCUT2D eigenvalue weighted by Crippen LogP contribution is -2.29. The zero-order valence-corrected chi connectivity index (χ0v) is 22.5. The van der Waals surface area contributed by atoms with E-state index in [2.05, 4.69) is 0 Å². The minimum Gasteiger partial charge on any atom is -0.507 e. The number of benzene rings is 3. The van der Waals surface area contributed by atoms with E-state index < -0.39 is 17.7 Å². The number of aliphatic hydroxyl groups excluding tert-OH is 1. The molecule has 1 saturated heterocycles. The molecule has 1 N–H and O–H groups in total. The van der Waals surface area contributed by atoms with E-state index in [-0.39, 0.29) is 16.7 Å². The monoisotopic (exact) mass is 519 g/mol. The standard InChI is InChI=1S/C30H30ClNO5/c1-17-11-13-19(16-22(17)31)32-26(20-9-7-8-10-23(20)36-5)25(28(34)29(32)35)27(33)21-15-18(30(2,3)4)12-14-24(21)37-6/h7-16,26,33H,1-6H3/b27-25+. The Morgan fingerprint density at radius 1 is 0.946 bits per heavy atom. The number of halogens is 1. The molecule has 1 fully saturated rings. The average Bonchev–Trinajstić information content (AvgIpc) is 3.14. The molecule has 1 aliphatic rings. The van der Waals surface area contributed by atoms with Crippen molar-refractivity contribution < 1.29 is 24.2 Å². The summed E-state index contributed by atoms with van der Waals surface area (Å²) in [6.07, 6.45) is 0. The lowest BCUT2D eigenvalue weighted by atomic mass is 9.85. The predicted octanol–water partition coefficient (Wildman–Crippen LogP) is 6.59. The number of aliphatic hydroxyl groups is 1. The van der Waals surface area contributed by atoms with Crippen LogP contribution in [0, 0.1) is 6.92 Å². The van der Waals surface area contributed by atoms with Crippen LogP contribution in [0.1, 0.15) is 49.1 Å². The second kappa shape index (κ2) is 9.94. The molecule has 3 aromatic rings. The number of ketones is 1. The predicted molar refractivity (Wildman–Crippen MR) is 146 cm³/mol. The summed E-state index contributed by atoms with van der Waals surface area (Å²) in [7, 11) is 3.01. The molecule has 192 valence electrons. The zero-order valence-electron chi connectivity index (χ0n) is 21.8. The lowest BCUT2D eigenvalue weighted by Gasteiger charge is -2.27. The second-order valence-corrected chi connectivity index (χ2v) is 10.4. The van der Waals surface area contributed by atoms with Gasteiger partial charge in [0.1, 0.15) is 17.3 Å². The molecule has 1 atom stereocenters. The molecule has 0 spiro atoms. The van der Waals surface area contributed by atoms with Crippen molar-refractivity contribution in [3.63, 3.8) is 0 Å². The van der Waals surface area contributed by atoms with E-state index >= 15 is 0 Å². The Labute approximate surface area is 222 Å². The number of amides is 1.